The third kappa shape index (κ3) is 3.54. The Bertz CT molecular complexity index is 945. The van der Waals surface area contributed by atoms with E-state index in [0.29, 0.717) is 11.5 Å². The van der Waals surface area contributed by atoms with E-state index in [2.05, 4.69) is 4.98 Å². The van der Waals surface area contributed by atoms with Crippen LogP contribution >= 0.6 is 0 Å². The molecule has 0 aliphatic carbocycles. The molecule has 3 aromatic rings. The fraction of sp³-hybridized carbons (Fsp3) is 0.150. The number of pyridine rings is 1. The summed E-state index contributed by atoms with van der Waals surface area (Å²) in [4.78, 5) is 19.8. The van der Waals surface area contributed by atoms with Crippen LogP contribution in [0.2, 0.25) is 0 Å². The van der Waals surface area contributed by atoms with Gasteiger partial charge < -0.3 is 9.67 Å². The van der Waals surface area contributed by atoms with Crippen molar-refractivity contribution in [3.63, 3.8) is 0 Å². The van der Waals surface area contributed by atoms with E-state index in [4.69, 9.17) is 10.1 Å². The minimum atomic E-state index is -1.04. The third-order valence-electron chi connectivity index (χ3n) is 3.89. The van der Waals surface area contributed by atoms with Gasteiger partial charge in [0.1, 0.15) is 11.6 Å². The average molecular weight is 351 g/mol. The third-order valence-corrected chi connectivity index (χ3v) is 3.89. The summed E-state index contributed by atoms with van der Waals surface area (Å²) in [6, 6.07) is 9.76. The molecule has 0 atom stereocenters. The molecule has 0 radical (unpaired) electrons. The van der Waals surface area contributed by atoms with Crippen LogP contribution in [0.3, 0.4) is 0 Å². The van der Waals surface area contributed by atoms with Crippen molar-refractivity contribution in [2.75, 3.05) is 0 Å². The Morgan fingerprint density at radius 3 is 2.35 bits per heavy atom. The summed E-state index contributed by atoms with van der Waals surface area (Å²) in [5.41, 5.74) is 2.99. The summed E-state index contributed by atoms with van der Waals surface area (Å²) in [5, 5.41) is 9.05. The summed E-state index contributed by atoms with van der Waals surface area (Å²) < 4.78 is 15.1. The van der Waals surface area contributed by atoms with Crippen molar-refractivity contribution >= 4 is 12.2 Å². The molecular formula is C20H18FN3O2. The van der Waals surface area contributed by atoms with Crippen LogP contribution in [0.5, 0.6) is 0 Å². The highest BCUT2D eigenvalue weighted by Crippen LogP contribution is 2.35. The standard InChI is InChI=1S/C20H18FN3O2/c1-13(2)20-23-18(14-3-5-16(21)6-4-14)19(15-7-10-22-11-8-15)24(20)12-9-17(25)26/h3-13H,1-2H3,(H,25,26). The van der Waals surface area contributed by atoms with E-state index in [1.54, 1.807) is 29.1 Å². The Labute approximate surface area is 150 Å². The van der Waals surface area contributed by atoms with Crippen LogP contribution in [0, 0.1) is 5.82 Å². The maximum atomic E-state index is 13.3. The lowest BCUT2D eigenvalue weighted by Crippen LogP contribution is -2.01. The maximum absolute atomic E-state index is 13.3. The monoisotopic (exact) mass is 351 g/mol. The van der Waals surface area contributed by atoms with Crippen LogP contribution in [-0.4, -0.2) is 25.6 Å². The van der Waals surface area contributed by atoms with Gasteiger partial charge in [0.05, 0.1) is 11.4 Å². The fourth-order valence-electron chi connectivity index (χ4n) is 2.74. The molecule has 26 heavy (non-hydrogen) atoms. The number of aliphatic carboxylic acids is 1. The molecule has 2 aromatic heterocycles. The first-order valence-corrected chi connectivity index (χ1v) is 8.17. The highest BCUT2D eigenvalue weighted by atomic mass is 19.1. The molecule has 0 bridgehead atoms. The SMILES string of the molecule is CC(C)c1nc(-c2ccc(F)cc2)c(-c2ccncc2)n1C=CC(=O)O. The smallest absolute Gasteiger partial charge is 0.329 e. The number of imidazole rings is 1. The molecule has 5 nitrogen and oxygen atoms in total. The molecule has 1 N–H and O–H groups in total. The van der Waals surface area contributed by atoms with Crippen molar-refractivity contribution in [1.29, 1.82) is 0 Å². The van der Waals surface area contributed by atoms with Gasteiger partial charge in [-0.2, -0.15) is 0 Å². The Balaban J connectivity index is 2.31. The van der Waals surface area contributed by atoms with E-state index in [0.717, 1.165) is 22.9 Å². The molecule has 2 heterocycles. The van der Waals surface area contributed by atoms with Gasteiger partial charge >= 0.3 is 5.97 Å². The number of carbonyl (C=O) groups is 1. The van der Waals surface area contributed by atoms with Crippen molar-refractivity contribution in [2.45, 2.75) is 19.8 Å². The lowest BCUT2D eigenvalue weighted by atomic mass is 10.1. The second-order valence-electron chi connectivity index (χ2n) is 6.09. The summed E-state index contributed by atoms with van der Waals surface area (Å²) in [5.74, 6) is -0.595. The Morgan fingerprint density at radius 2 is 1.77 bits per heavy atom. The molecule has 3 rings (SSSR count). The predicted octanol–water partition coefficient (Wildman–Crippen LogP) is 4.43. The number of rotatable bonds is 5. The minimum Gasteiger partial charge on any atom is -0.478 e. The molecule has 0 amide bonds. The van der Waals surface area contributed by atoms with Crippen molar-refractivity contribution < 1.29 is 14.3 Å². The minimum absolute atomic E-state index is 0.0585. The predicted molar refractivity (Wildman–Crippen MR) is 97.9 cm³/mol. The number of halogens is 1. The Hall–Kier alpha value is -3.28. The molecule has 0 aliphatic heterocycles. The van der Waals surface area contributed by atoms with Gasteiger partial charge in [0, 0.05) is 41.7 Å². The van der Waals surface area contributed by atoms with Gasteiger partial charge in [-0.3, -0.25) is 4.98 Å². The van der Waals surface area contributed by atoms with Crippen LogP contribution in [0.25, 0.3) is 28.7 Å². The fourth-order valence-corrected chi connectivity index (χ4v) is 2.74. The number of hydrogen-bond donors (Lipinski definition) is 1. The molecular weight excluding hydrogens is 333 g/mol. The van der Waals surface area contributed by atoms with Crippen LogP contribution < -0.4 is 0 Å². The molecule has 6 heteroatoms. The zero-order chi connectivity index (χ0) is 18.7. The van der Waals surface area contributed by atoms with Crippen LogP contribution in [0.4, 0.5) is 4.39 Å². The summed E-state index contributed by atoms with van der Waals surface area (Å²) >= 11 is 0. The number of carboxylic acids is 1. The number of benzene rings is 1. The number of hydrogen-bond acceptors (Lipinski definition) is 3. The van der Waals surface area contributed by atoms with Gasteiger partial charge in [0.2, 0.25) is 0 Å². The van der Waals surface area contributed by atoms with Gasteiger partial charge in [-0.25, -0.2) is 14.2 Å². The van der Waals surface area contributed by atoms with Crippen molar-refractivity contribution in [3.05, 3.63) is 66.5 Å². The Morgan fingerprint density at radius 1 is 1.12 bits per heavy atom. The zero-order valence-corrected chi connectivity index (χ0v) is 14.4. The van der Waals surface area contributed by atoms with Crippen LogP contribution in [0.1, 0.15) is 25.6 Å². The average Bonchev–Trinajstić information content (AvgIpc) is 3.01. The normalized spacial score (nSPS) is 11.4. The molecule has 0 fully saturated rings. The largest absolute Gasteiger partial charge is 0.478 e. The lowest BCUT2D eigenvalue weighted by Gasteiger charge is -2.10. The second-order valence-corrected chi connectivity index (χ2v) is 6.09. The van der Waals surface area contributed by atoms with Crippen LogP contribution in [-0.2, 0) is 4.79 Å². The second kappa shape index (κ2) is 7.31. The molecule has 0 unspecified atom stereocenters. The van der Waals surface area contributed by atoms with E-state index < -0.39 is 5.97 Å². The molecule has 1 aromatic carbocycles. The number of carboxylic acid groups (broad SMARTS) is 1. The topological polar surface area (TPSA) is 68.0 Å². The maximum Gasteiger partial charge on any atom is 0.329 e. The molecule has 0 saturated carbocycles. The van der Waals surface area contributed by atoms with Crippen molar-refractivity contribution in [2.24, 2.45) is 0 Å². The lowest BCUT2D eigenvalue weighted by molar-refractivity contribution is -0.131. The quantitative estimate of drug-likeness (QED) is 0.691. The van der Waals surface area contributed by atoms with E-state index in [1.807, 2.05) is 26.0 Å². The first-order valence-electron chi connectivity index (χ1n) is 8.17. The molecule has 132 valence electrons. The molecule has 0 spiro atoms. The summed E-state index contributed by atoms with van der Waals surface area (Å²) in [6.07, 6.45) is 5.90. The summed E-state index contributed by atoms with van der Waals surface area (Å²) in [6.45, 7) is 3.97. The number of nitrogens with zero attached hydrogens (tertiary/aromatic N) is 3. The van der Waals surface area contributed by atoms with Gasteiger partial charge in [-0.15, -0.1) is 0 Å². The van der Waals surface area contributed by atoms with E-state index in [1.165, 1.54) is 18.3 Å². The number of aromatic nitrogens is 3. The highest BCUT2D eigenvalue weighted by molar-refractivity contribution is 5.85. The Kier molecular flexibility index (Phi) is 4.93. The molecule has 0 aliphatic rings. The van der Waals surface area contributed by atoms with Crippen molar-refractivity contribution in [1.82, 2.24) is 14.5 Å². The van der Waals surface area contributed by atoms with E-state index >= 15 is 0 Å². The van der Waals surface area contributed by atoms with Gasteiger partial charge in [0.15, 0.2) is 0 Å². The zero-order valence-electron chi connectivity index (χ0n) is 14.4. The van der Waals surface area contributed by atoms with Gasteiger partial charge in [-0.1, -0.05) is 13.8 Å². The molecule has 0 saturated heterocycles. The van der Waals surface area contributed by atoms with Gasteiger partial charge in [0.25, 0.3) is 0 Å². The van der Waals surface area contributed by atoms with Crippen molar-refractivity contribution in [3.8, 4) is 22.5 Å². The summed E-state index contributed by atoms with van der Waals surface area (Å²) in [7, 11) is 0. The highest BCUT2D eigenvalue weighted by Gasteiger charge is 2.20. The van der Waals surface area contributed by atoms with Gasteiger partial charge in [-0.05, 0) is 36.4 Å². The first-order chi connectivity index (χ1) is 12.5. The van der Waals surface area contributed by atoms with E-state index in [9.17, 15) is 9.18 Å². The van der Waals surface area contributed by atoms with E-state index in [-0.39, 0.29) is 11.7 Å². The first kappa shape index (κ1) is 17.5. The van der Waals surface area contributed by atoms with Crippen LogP contribution in [0.15, 0.2) is 54.9 Å².